The lowest BCUT2D eigenvalue weighted by atomic mass is 10.1. The summed E-state index contributed by atoms with van der Waals surface area (Å²) in [5, 5.41) is 10.9. The van der Waals surface area contributed by atoms with Gasteiger partial charge in [0, 0.05) is 4.47 Å². The Balaban J connectivity index is 3.01. The Labute approximate surface area is 116 Å². The van der Waals surface area contributed by atoms with Crippen LogP contribution >= 0.6 is 15.9 Å². The monoisotopic (exact) mass is 333 g/mol. The zero-order chi connectivity index (χ0) is 14.6. The fraction of sp³-hybridized carbons (Fsp3) is 0.167. The number of aliphatic carboxylic acids is 1. The second-order valence-corrected chi connectivity index (χ2v) is 4.55. The summed E-state index contributed by atoms with van der Waals surface area (Å²) in [7, 11) is 0. The fourth-order valence-electron chi connectivity index (χ4n) is 1.38. The van der Waals surface area contributed by atoms with Gasteiger partial charge < -0.3 is 10.4 Å². The number of benzene rings is 1. The minimum absolute atomic E-state index is 0.0547. The van der Waals surface area contributed by atoms with Crippen molar-refractivity contribution in [3.63, 3.8) is 0 Å². The number of carbonyl (C=O) groups excluding carboxylic acids is 1. The van der Waals surface area contributed by atoms with Crippen LogP contribution in [0.3, 0.4) is 0 Å². The van der Waals surface area contributed by atoms with E-state index in [1.807, 2.05) is 5.32 Å². The van der Waals surface area contributed by atoms with Gasteiger partial charge in [-0.1, -0.05) is 22.0 Å². The number of carboxylic acids is 1. The van der Waals surface area contributed by atoms with Crippen molar-refractivity contribution in [1.29, 1.82) is 0 Å². The van der Waals surface area contributed by atoms with E-state index >= 15 is 0 Å². The topological polar surface area (TPSA) is 66.4 Å². The zero-order valence-corrected chi connectivity index (χ0v) is 11.2. The summed E-state index contributed by atoms with van der Waals surface area (Å²) >= 11 is 2.88. The van der Waals surface area contributed by atoms with Gasteiger partial charge >= 0.3 is 5.97 Å². The summed E-state index contributed by atoms with van der Waals surface area (Å²) in [6, 6.07) is 0.551. The predicted molar refractivity (Wildman–Crippen MR) is 67.8 cm³/mol. The van der Waals surface area contributed by atoms with E-state index < -0.39 is 35.1 Å². The molecule has 102 valence electrons. The largest absolute Gasteiger partial charge is 0.480 e. The van der Waals surface area contributed by atoms with E-state index in [0.717, 1.165) is 12.1 Å². The average Bonchev–Trinajstić information content (AvgIpc) is 2.26. The van der Waals surface area contributed by atoms with Crippen LogP contribution in [-0.4, -0.2) is 23.0 Å². The summed E-state index contributed by atoms with van der Waals surface area (Å²) in [6.45, 7) is 3.34. The number of carbonyl (C=O) groups is 2. The van der Waals surface area contributed by atoms with Gasteiger partial charge in [-0.05, 0) is 18.6 Å². The van der Waals surface area contributed by atoms with E-state index in [1.54, 1.807) is 0 Å². The van der Waals surface area contributed by atoms with Gasteiger partial charge in [-0.2, -0.15) is 0 Å². The lowest BCUT2D eigenvalue weighted by Crippen LogP contribution is -2.41. The first-order valence-electron chi connectivity index (χ1n) is 5.16. The predicted octanol–water partition coefficient (Wildman–Crippen LogP) is 2.49. The third kappa shape index (κ3) is 3.85. The molecule has 0 aromatic heterocycles. The third-order valence-corrected chi connectivity index (χ3v) is 2.70. The third-order valence-electron chi connectivity index (χ3n) is 2.24. The molecule has 19 heavy (non-hydrogen) atoms. The molecule has 1 unspecified atom stereocenters. The Morgan fingerprint density at radius 3 is 2.37 bits per heavy atom. The number of halogens is 3. The van der Waals surface area contributed by atoms with Crippen LogP contribution in [0.15, 0.2) is 29.3 Å². The molecule has 7 heteroatoms. The van der Waals surface area contributed by atoms with Gasteiger partial charge in [-0.15, -0.1) is 6.58 Å². The molecule has 0 aliphatic rings. The minimum Gasteiger partial charge on any atom is -0.480 e. The van der Waals surface area contributed by atoms with E-state index in [1.165, 1.54) is 6.08 Å². The Kier molecular flexibility index (Phi) is 5.17. The zero-order valence-electron chi connectivity index (χ0n) is 9.62. The number of hydrogen-bond acceptors (Lipinski definition) is 2. The second-order valence-electron chi connectivity index (χ2n) is 3.63. The van der Waals surface area contributed by atoms with Crippen LogP contribution in [-0.2, 0) is 4.79 Å². The normalized spacial score (nSPS) is 11.7. The summed E-state index contributed by atoms with van der Waals surface area (Å²) in [5.74, 6) is -4.60. The molecule has 1 amide bonds. The van der Waals surface area contributed by atoms with Crippen molar-refractivity contribution in [2.24, 2.45) is 0 Å². The number of nitrogens with one attached hydrogen (secondary N) is 1. The quantitative estimate of drug-likeness (QED) is 0.813. The molecule has 2 N–H and O–H groups in total. The Morgan fingerprint density at radius 2 is 1.95 bits per heavy atom. The highest BCUT2D eigenvalue weighted by molar-refractivity contribution is 9.10. The molecule has 0 fully saturated rings. The Bertz CT molecular complexity index is 511. The van der Waals surface area contributed by atoms with Crippen LogP contribution in [0.4, 0.5) is 8.78 Å². The maximum Gasteiger partial charge on any atom is 0.326 e. The lowest BCUT2D eigenvalue weighted by molar-refractivity contribution is -0.139. The fourth-order valence-corrected chi connectivity index (χ4v) is 1.78. The van der Waals surface area contributed by atoms with Gasteiger partial charge in [-0.3, -0.25) is 4.79 Å². The molecule has 1 aromatic carbocycles. The first-order chi connectivity index (χ1) is 8.86. The molecule has 1 aromatic rings. The molecule has 0 bridgehead atoms. The molecule has 1 rings (SSSR count). The molecular formula is C12H10BrF2NO3. The molecule has 0 saturated heterocycles. The van der Waals surface area contributed by atoms with Gasteiger partial charge in [-0.25, -0.2) is 13.6 Å². The molecule has 0 saturated carbocycles. The Hall–Kier alpha value is -1.76. The van der Waals surface area contributed by atoms with Crippen LogP contribution in [0.2, 0.25) is 0 Å². The van der Waals surface area contributed by atoms with Gasteiger partial charge in [0.2, 0.25) is 0 Å². The SMILES string of the molecule is C=CCC(NC(=O)c1c(F)cc(Br)cc1F)C(=O)O. The van der Waals surface area contributed by atoms with Crippen LogP contribution in [0.1, 0.15) is 16.8 Å². The lowest BCUT2D eigenvalue weighted by Gasteiger charge is -2.13. The van der Waals surface area contributed by atoms with E-state index in [-0.39, 0.29) is 10.9 Å². The summed E-state index contributed by atoms with van der Waals surface area (Å²) < 4.78 is 27.1. The molecule has 4 nitrogen and oxygen atoms in total. The van der Waals surface area contributed by atoms with Crippen molar-refractivity contribution in [2.75, 3.05) is 0 Å². The van der Waals surface area contributed by atoms with Crippen molar-refractivity contribution in [3.05, 3.63) is 46.5 Å². The van der Waals surface area contributed by atoms with Crippen molar-refractivity contribution in [3.8, 4) is 0 Å². The summed E-state index contributed by atoms with van der Waals surface area (Å²) in [6.07, 6.45) is 1.23. The van der Waals surface area contributed by atoms with Crippen molar-refractivity contribution in [2.45, 2.75) is 12.5 Å². The first kappa shape index (κ1) is 15.3. The van der Waals surface area contributed by atoms with Crippen LogP contribution in [0.25, 0.3) is 0 Å². The van der Waals surface area contributed by atoms with E-state index in [0.29, 0.717) is 0 Å². The minimum atomic E-state index is -1.31. The van der Waals surface area contributed by atoms with Crippen LogP contribution in [0, 0.1) is 11.6 Å². The number of amides is 1. The highest BCUT2D eigenvalue weighted by Crippen LogP contribution is 2.19. The number of hydrogen-bond donors (Lipinski definition) is 2. The summed E-state index contributed by atoms with van der Waals surface area (Å²) in [4.78, 5) is 22.5. The molecule has 0 radical (unpaired) electrons. The van der Waals surface area contributed by atoms with Crippen LogP contribution < -0.4 is 5.32 Å². The number of rotatable bonds is 5. The van der Waals surface area contributed by atoms with Gasteiger partial charge in [0.1, 0.15) is 23.2 Å². The Morgan fingerprint density at radius 1 is 1.42 bits per heavy atom. The van der Waals surface area contributed by atoms with Gasteiger partial charge in [0.15, 0.2) is 0 Å². The maximum atomic E-state index is 13.5. The van der Waals surface area contributed by atoms with Gasteiger partial charge in [0.25, 0.3) is 5.91 Å². The molecule has 0 aliphatic carbocycles. The van der Waals surface area contributed by atoms with E-state index in [9.17, 15) is 18.4 Å². The molecule has 0 heterocycles. The van der Waals surface area contributed by atoms with E-state index in [2.05, 4.69) is 22.5 Å². The maximum absolute atomic E-state index is 13.5. The molecular weight excluding hydrogens is 324 g/mol. The smallest absolute Gasteiger partial charge is 0.326 e. The van der Waals surface area contributed by atoms with Crippen LogP contribution in [0.5, 0.6) is 0 Å². The number of carboxylic acid groups (broad SMARTS) is 1. The average molecular weight is 334 g/mol. The van der Waals surface area contributed by atoms with Gasteiger partial charge in [0.05, 0.1) is 0 Å². The van der Waals surface area contributed by atoms with E-state index in [4.69, 9.17) is 5.11 Å². The standard InChI is InChI=1S/C12H10BrF2NO3/c1-2-3-9(12(18)19)16-11(17)10-7(14)4-6(13)5-8(10)15/h2,4-5,9H,1,3H2,(H,16,17)(H,18,19). The van der Waals surface area contributed by atoms with Crippen molar-refractivity contribution >= 4 is 27.8 Å². The summed E-state index contributed by atoms with van der Waals surface area (Å²) in [5.41, 5.74) is -0.821. The second kappa shape index (κ2) is 6.42. The highest BCUT2D eigenvalue weighted by Gasteiger charge is 2.24. The molecule has 1 atom stereocenters. The van der Waals surface area contributed by atoms with Crippen molar-refractivity contribution in [1.82, 2.24) is 5.32 Å². The first-order valence-corrected chi connectivity index (χ1v) is 5.95. The van der Waals surface area contributed by atoms with Crippen molar-refractivity contribution < 1.29 is 23.5 Å². The highest BCUT2D eigenvalue weighted by atomic mass is 79.9. The molecule has 0 spiro atoms. The molecule has 0 aliphatic heterocycles.